The first-order chi connectivity index (χ1) is 7.99. The van der Waals surface area contributed by atoms with Crippen LogP contribution >= 0.6 is 11.3 Å². The van der Waals surface area contributed by atoms with Crippen LogP contribution in [0.1, 0.15) is 23.5 Å². The van der Waals surface area contributed by atoms with Crippen LogP contribution in [0, 0.1) is 0 Å². The lowest BCUT2D eigenvalue weighted by molar-refractivity contribution is 0.0927. The molecular weight excluding hydrogens is 240 g/mol. The second kappa shape index (κ2) is 5.83. The number of nitrogens with one attached hydrogen (secondary N) is 1. The molecule has 1 aromatic heterocycles. The molecule has 0 aliphatic heterocycles. The molecule has 0 bridgehead atoms. The standard InChI is InChI=1S/C10H18N4O2S/c1-4-14(3)10-13-8(11)7(17-10)9(16)12-6(2)5-15/h6,15H,4-5,11H2,1-3H3,(H,12,16). The number of thiazole rings is 1. The fraction of sp³-hybridized carbons (Fsp3) is 0.600. The van der Waals surface area contributed by atoms with Gasteiger partial charge < -0.3 is 21.1 Å². The molecule has 7 heteroatoms. The van der Waals surface area contributed by atoms with Crippen molar-refractivity contribution in [3.63, 3.8) is 0 Å². The van der Waals surface area contributed by atoms with E-state index in [1.807, 2.05) is 18.9 Å². The summed E-state index contributed by atoms with van der Waals surface area (Å²) in [6, 6.07) is -0.295. The quantitative estimate of drug-likeness (QED) is 0.706. The van der Waals surface area contributed by atoms with E-state index in [2.05, 4.69) is 10.3 Å². The Morgan fingerprint density at radius 2 is 2.35 bits per heavy atom. The molecule has 0 spiro atoms. The summed E-state index contributed by atoms with van der Waals surface area (Å²) in [6.07, 6.45) is 0. The number of hydrogen-bond acceptors (Lipinski definition) is 6. The van der Waals surface area contributed by atoms with Crippen molar-refractivity contribution in [2.45, 2.75) is 19.9 Å². The maximum absolute atomic E-state index is 11.8. The van der Waals surface area contributed by atoms with Crippen LogP contribution < -0.4 is 16.0 Å². The fourth-order valence-corrected chi connectivity index (χ4v) is 2.03. The Labute approximate surface area is 104 Å². The van der Waals surface area contributed by atoms with Crippen LogP contribution in [-0.2, 0) is 0 Å². The number of rotatable bonds is 5. The summed E-state index contributed by atoms with van der Waals surface area (Å²) in [6.45, 7) is 4.40. The SMILES string of the molecule is CCN(C)c1nc(N)c(C(=O)NC(C)CO)s1. The average Bonchev–Trinajstić information content (AvgIpc) is 2.70. The Bertz CT molecular complexity index is 394. The molecule has 6 nitrogen and oxygen atoms in total. The van der Waals surface area contributed by atoms with Crippen molar-refractivity contribution in [2.75, 3.05) is 30.8 Å². The Morgan fingerprint density at radius 3 is 2.88 bits per heavy atom. The van der Waals surface area contributed by atoms with Crippen LogP contribution in [0.15, 0.2) is 0 Å². The van der Waals surface area contributed by atoms with Crippen LogP contribution in [-0.4, -0.2) is 42.2 Å². The number of anilines is 2. The van der Waals surface area contributed by atoms with Crippen LogP contribution in [0.5, 0.6) is 0 Å². The highest BCUT2D eigenvalue weighted by Crippen LogP contribution is 2.27. The number of hydrogen-bond donors (Lipinski definition) is 3. The van der Waals surface area contributed by atoms with Gasteiger partial charge >= 0.3 is 0 Å². The van der Waals surface area contributed by atoms with Crippen molar-refractivity contribution in [3.8, 4) is 0 Å². The van der Waals surface area contributed by atoms with Crippen molar-refractivity contribution < 1.29 is 9.90 Å². The number of carbonyl (C=O) groups excluding carboxylic acids is 1. The number of carbonyl (C=O) groups is 1. The maximum Gasteiger partial charge on any atom is 0.265 e. The van der Waals surface area contributed by atoms with Gasteiger partial charge in [0.05, 0.1) is 6.61 Å². The summed E-state index contributed by atoms with van der Waals surface area (Å²) in [7, 11) is 1.89. The molecule has 0 aliphatic carbocycles. The van der Waals surface area contributed by atoms with E-state index in [0.29, 0.717) is 10.0 Å². The Morgan fingerprint density at radius 1 is 1.71 bits per heavy atom. The van der Waals surface area contributed by atoms with E-state index in [1.54, 1.807) is 6.92 Å². The highest BCUT2D eigenvalue weighted by molar-refractivity contribution is 7.18. The second-order valence-electron chi connectivity index (χ2n) is 3.78. The summed E-state index contributed by atoms with van der Waals surface area (Å²) in [4.78, 5) is 18.2. The molecule has 96 valence electrons. The van der Waals surface area contributed by atoms with Crippen molar-refractivity contribution in [2.24, 2.45) is 0 Å². The molecule has 1 atom stereocenters. The molecule has 1 rings (SSSR count). The number of nitrogens with two attached hydrogens (primary N) is 1. The lowest BCUT2D eigenvalue weighted by Crippen LogP contribution is -2.34. The van der Waals surface area contributed by atoms with Crippen molar-refractivity contribution >= 4 is 28.2 Å². The van der Waals surface area contributed by atoms with Gasteiger partial charge in [-0.1, -0.05) is 11.3 Å². The maximum atomic E-state index is 11.8. The Hall–Kier alpha value is -1.34. The second-order valence-corrected chi connectivity index (χ2v) is 4.76. The number of aromatic nitrogens is 1. The van der Waals surface area contributed by atoms with Crippen molar-refractivity contribution in [1.82, 2.24) is 10.3 Å². The summed E-state index contributed by atoms with van der Waals surface area (Å²) < 4.78 is 0. The zero-order valence-electron chi connectivity index (χ0n) is 10.2. The highest BCUT2D eigenvalue weighted by Gasteiger charge is 2.18. The first-order valence-electron chi connectivity index (χ1n) is 5.38. The van der Waals surface area contributed by atoms with Gasteiger partial charge in [0, 0.05) is 19.6 Å². The van der Waals surface area contributed by atoms with Crippen LogP contribution in [0.4, 0.5) is 10.9 Å². The zero-order chi connectivity index (χ0) is 13.0. The lowest BCUT2D eigenvalue weighted by Gasteiger charge is -2.11. The molecule has 1 heterocycles. The normalized spacial score (nSPS) is 12.2. The van der Waals surface area contributed by atoms with E-state index in [4.69, 9.17) is 10.8 Å². The first-order valence-corrected chi connectivity index (χ1v) is 6.20. The number of aliphatic hydroxyl groups excluding tert-OH is 1. The predicted octanol–water partition coefficient (Wildman–Crippen LogP) is 0.292. The minimum atomic E-state index is -0.295. The molecule has 1 amide bonds. The average molecular weight is 258 g/mol. The molecule has 0 fully saturated rings. The van der Waals surface area contributed by atoms with Gasteiger partial charge in [0.1, 0.15) is 10.7 Å². The van der Waals surface area contributed by atoms with E-state index >= 15 is 0 Å². The van der Waals surface area contributed by atoms with Gasteiger partial charge in [0.2, 0.25) is 0 Å². The van der Waals surface area contributed by atoms with Gasteiger partial charge in [-0.15, -0.1) is 0 Å². The molecule has 0 aromatic carbocycles. The van der Waals surface area contributed by atoms with Crippen LogP contribution in [0.25, 0.3) is 0 Å². The highest BCUT2D eigenvalue weighted by atomic mass is 32.1. The largest absolute Gasteiger partial charge is 0.394 e. The van der Waals surface area contributed by atoms with E-state index in [9.17, 15) is 4.79 Å². The number of nitrogens with zero attached hydrogens (tertiary/aromatic N) is 2. The van der Waals surface area contributed by atoms with E-state index in [-0.39, 0.29) is 24.4 Å². The Balaban J connectivity index is 2.84. The summed E-state index contributed by atoms with van der Waals surface area (Å²) in [5, 5.41) is 12.2. The smallest absolute Gasteiger partial charge is 0.265 e. The number of nitrogen functional groups attached to an aromatic ring is 1. The summed E-state index contributed by atoms with van der Waals surface area (Å²) in [5.74, 6) is -0.0646. The number of amides is 1. The van der Waals surface area contributed by atoms with Gasteiger partial charge in [0.15, 0.2) is 5.13 Å². The molecule has 0 saturated heterocycles. The van der Waals surface area contributed by atoms with Crippen LogP contribution in [0.3, 0.4) is 0 Å². The lowest BCUT2D eigenvalue weighted by atomic mass is 10.3. The Kier molecular flexibility index (Phi) is 4.71. The van der Waals surface area contributed by atoms with Gasteiger partial charge in [-0.2, -0.15) is 0 Å². The van der Waals surface area contributed by atoms with Gasteiger partial charge in [0.25, 0.3) is 5.91 Å². The molecule has 1 aromatic rings. The minimum absolute atomic E-state index is 0.105. The molecule has 0 saturated carbocycles. The summed E-state index contributed by atoms with van der Waals surface area (Å²) in [5.41, 5.74) is 5.70. The van der Waals surface area contributed by atoms with E-state index in [0.717, 1.165) is 6.54 Å². The van der Waals surface area contributed by atoms with Crippen molar-refractivity contribution in [3.05, 3.63) is 4.88 Å². The summed E-state index contributed by atoms with van der Waals surface area (Å²) >= 11 is 1.25. The monoisotopic (exact) mass is 258 g/mol. The third-order valence-electron chi connectivity index (χ3n) is 2.30. The fourth-order valence-electron chi connectivity index (χ4n) is 1.12. The molecule has 0 radical (unpaired) electrons. The van der Waals surface area contributed by atoms with Gasteiger partial charge in [-0.3, -0.25) is 4.79 Å². The van der Waals surface area contributed by atoms with Crippen molar-refractivity contribution in [1.29, 1.82) is 0 Å². The first kappa shape index (κ1) is 13.7. The molecular formula is C10H18N4O2S. The molecule has 4 N–H and O–H groups in total. The van der Waals surface area contributed by atoms with Crippen LogP contribution in [0.2, 0.25) is 0 Å². The zero-order valence-corrected chi connectivity index (χ0v) is 11.0. The third-order valence-corrected chi connectivity index (χ3v) is 3.48. The predicted molar refractivity (Wildman–Crippen MR) is 69.5 cm³/mol. The van der Waals surface area contributed by atoms with E-state index in [1.165, 1.54) is 11.3 Å². The molecule has 17 heavy (non-hydrogen) atoms. The molecule has 1 unspecified atom stereocenters. The van der Waals surface area contributed by atoms with Gasteiger partial charge in [-0.05, 0) is 13.8 Å². The minimum Gasteiger partial charge on any atom is -0.394 e. The number of aliphatic hydroxyl groups is 1. The molecule has 0 aliphatic rings. The topological polar surface area (TPSA) is 91.5 Å². The third kappa shape index (κ3) is 3.31. The van der Waals surface area contributed by atoms with E-state index < -0.39 is 0 Å². The van der Waals surface area contributed by atoms with Gasteiger partial charge in [-0.25, -0.2) is 4.98 Å².